The van der Waals surface area contributed by atoms with E-state index in [-0.39, 0.29) is 18.3 Å². The molecule has 1 aliphatic heterocycles. The maximum atomic E-state index is 11.7. The number of anilines is 1. The van der Waals surface area contributed by atoms with Crippen molar-refractivity contribution in [3.63, 3.8) is 0 Å². The summed E-state index contributed by atoms with van der Waals surface area (Å²) in [4.78, 5) is 17.0. The lowest BCUT2D eigenvalue weighted by atomic mass is 10.1. The molecule has 0 aliphatic carbocycles. The molecule has 3 aromatic rings. The molecular formula is C22H22N4O4S. The molecule has 0 saturated heterocycles. The van der Waals surface area contributed by atoms with Crippen LogP contribution in [-0.2, 0) is 4.79 Å². The van der Waals surface area contributed by atoms with Crippen LogP contribution in [0.1, 0.15) is 19.4 Å². The monoisotopic (exact) mass is 438 g/mol. The largest absolute Gasteiger partial charge is 0.504 e. The zero-order chi connectivity index (χ0) is 21.8. The van der Waals surface area contributed by atoms with E-state index in [0.717, 1.165) is 21.6 Å². The van der Waals surface area contributed by atoms with Crippen LogP contribution in [0, 0.1) is 0 Å². The van der Waals surface area contributed by atoms with Crippen LogP contribution in [0.15, 0.2) is 51.9 Å². The van der Waals surface area contributed by atoms with E-state index >= 15 is 0 Å². The first-order chi connectivity index (χ1) is 15.1. The Bertz CT molecular complexity index is 1210. The van der Waals surface area contributed by atoms with Crippen molar-refractivity contribution in [2.45, 2.75) is 13.8 Å². The van der Waals surface area contributed by atoms with Crippen molar-refractivity contribution in [3.8, 4) is 28.5 Å². The molecule has 0 fully saturated rings. The Labute approximate surface area is 183 Å². The lowest BCUT2D eigenvalue weighted by Gasteiger charge is -2.18. The summed E-state index contributed by atoms with van der Waals surface area (Å²) in [5.74, 6) is 0.952. The van der Waals surface area contributed by atoms with Crippen LogP contribution in [0.4, 0.5) is 5.69 Å². The highest BCUT2D eigenvalue weighted by molar-refractivity contribution is 7.07. The van der Waals surface area contributed by atoms with Gasteiger partial charge in [0.1, 0.15) is 5.75 Å². The van der Waals surface area contributed by atoms with Crippen LogP contribution in [0.5, 0.6) is 17.2 Å². The van der Waals surface area contributed by atoms with Crippen molar-refractivity contribution in [1.82, 2.24) is 4.68 Å². The minimum absolute atomic E-state index is 0.0188. The van der Waals surface area contributed by atoms with Crippen LogP contribution in [0.2, 0.25) is 0 Å². The number of carbonyl (C=O) groups excluding carboxylic acids is 1. The van der Waals surface area contributed by atoms with Crippen LogP contribution < -0.4 is 19.6 Å². The Morgan fingerprint density at radius 2 is 2.16 bits per heavy atom. The molecule has 9 heteroatoms. The van der Waals surface area contributed by atoms with Gasteiger partial charge in [0.2, 0.25) is 4.80 Å². The van der Waals surface area contributed by atoms with E-state index in [0.29, 0.717) is 30.3 Å². The number of nitrogens with zero attached hydrogens (tertiary/aromatic N) is 3. The van der Waals surface area contributed by atoms with Crippen LogP contribution in [0.25, 0.3) is 11.3 Å². The summed E-state index contributed by atoms with van der Waals surface area (Å²) in [5.41, 5.74) is 3.11. The summed E-state index contributed by atoms with van der Waals surface area (Å²) in [6, 6.07) is 10.7. The topological polar surface area (TPSA) is 97.4 Å². The van der Waals surface area contributed by atoms with E-state index in [9.17, 15) is 9.90 Å². The standard InChI is InChI=1S/C22H22N4O4S/c1-3-23-22-26(24-11-14-5-7-18(27)20(9-14)29-4-2)17(13-31-22)15-6-8-19-16(10-15)25-21(28)12-30-19/h5-11,13,27H,3-4,12H2,1-2H3,(H,25,28). The second kappa shape index (κ2) is 9.05. The molecule has 0 unspecified atom stereocenters. The predicted molar refractivity (Wildman–Crippen MR) is 120 cm³/mol. The fourth-order valence-electron chi connectivity index (χ4n) is 3.10. The van der Waals surface area contributed by atoms with E-state index < -0.39 is 0 Å². The van der Waals surface area contributed by atoms with Crippen molar-refractivity contribution in [3.05, 3.63) is 52.1 Å². The Morgan fingerprint density at radius 1 is 1.29 bits per heavy atom. The number of benzene rings is 2. The third kappa shape index (κ3) is 4.46. The summed E-state index contributed by atoms with van der Waals surface area (Å²) in [5, 5.41) is 19.4. The zero-order valence-electron chi connectivity index (χ0n) is 17.2. The number of fused-ring (bicyclic) bond motifs is 1. The molecule has 31 heavy (non-hydrogen) atoms. The van der Waals surface area contributed by atoms with Gasteiger partial charge in [-0.2, -0.15) is 5.10 Å². The first-order valence-corrected chi connectivity index (χ1v) is 10.7. The number of ether oxygens (including phenoxy) is 2. The lowest BCUT2D eigenvalue weighted by Crippen LogP contribution is -2.25. The van der Waals surface area contributed by atoms with Gasteiger partial charge >= 0.3 is 0 Å². The molecule has 160 valence electrons. The second-order valence-electron chi connectivity index (χ2n) is 6.64. The average molecular weight is 439 g/mol. The number of carbonyl (C=O) groups is 1. The Morgan fingerprint density at radius 3 is 2.97 bits per heavy atom. The van der Waals surface area contributed by atoms with E-state index in [1.807, 2.05) is 37.4 Å². The van der Waals surface area contributed by atoms with Gasteiger partial charge in [0, 0.05) is 17.5 Å². The number of phenolic OH excluding ortho intramolecular Hbond substituents is 1. The van der Waals surface area contributed by atoms with Gasteiger partial charge in [-0.15, -0.1) is 11.3 Å². The highest BCUT2D eigenvalue weighted by Gasteiger charge is 2.17. The van der Waals surface area contributed by atoms with Gasteiger partial charge in [-0.05, 0) is 55.8 Å². The third-order valence-corrected chi connectivity index (χ3v) is 5.35. The number of aromatic hydroxyl groups is 1. The first kappa shape index (κ1) is 20.7. The van der Waals surface area contributed by atoms with Crippen molar-refractivity contribution in [2.75, 3.05) is 25.1 Å². The number of rotatable bonds is 6. The van der Waals surface area contributed by atoms with Crippen LogP contribution in [0.3, 0.4) is 0 Å². The third-order valence-electron chi connectivity index (χ3n) is 4.49. The molecule has 1 amide bonds. The molecule has 0 spiro atoms. The minimum atomic E-state index is -0.181. The van der Waals surface area contributed by atoms with E-state index in [1.54, 1.807) is 29.1 Å². The first-order valence-electron chi connectivity index (χ1n) is 9.87. The fourth-order valence-corrected chi connectivity index (χ4v) is 4.00. The molecule has 0 saturated carbocycles. The molecule has 2 aromatic carbocycles. The highest BCUT2D eigenvalue weighted by atomic mass is 32.1. The molecule has 4 rings (SSSR count). The van der Waals surface area contributed by atoms with Gasteiger partial charge in [0.25, 0.3) is 5.91 Å². The molecule has 8 nitrogen and oxygen atoms in total. The van der Waals surface area contributed by atoms with Crippen molar-refractivity contribution >= 4 is 29.1 Å². The highest BCUT2D eigenvalue weighted by Crippen LogP contribution is 2.33. The summed E-state index contributed by atoms with van der Waals surface area (Å²) < 4.78 is 12.7. The molecule has 0 bridgehead atoms. The Hall–Kier alpha value is -3.59. The molecule has 0 radical (unpaired) electrons. The zero-order valence-corrected chi connectivity index (χ0v) is 18.0. The van der Waals surface area contributed by atoms with Crippen molar-refractivity contribution < 1.29 is 19.4 Å². The quantitative estimate of drug-likeness (QED) is 0.576. The van der Waals surface area contributed by atoms with Gasteiger partial charge in [-0.25, -0.2) is 4.68 Å². The number of hydrogen-bond donors (Lipinski definition) is 2. The molecule has 1 aromatic heterocycles. The van der Waals surface area contributed by atoms with Crippen molar-refractivity contribution in [1.29, 1.82) is 0 Å². The second-order valence-corrected chi connectivity index (χ2v) is 7.48. The average Bonchev–Trinajstić information content (AvgIpc) is 3.16. The summed E-state index contributed by atoms with van der Waals surface area (Å²) in [6.07, 6.45) is 1.69. The maximum Gasteiger partial charge on any atom is 0.262 e. The van der Waals surface area contributed by atoms with E-state index in [4.69, 9.17) is 9.47 Å². The number of aromatic nitrogens is 1. The maximum absolute atomic E-state index is 11.7. The number of nitrogens with one attached hydrogen (secondary N) is 1. The minimum Gasteiger partial charge on any atom is -0.504 e. The number of thiazole rings is 1. The smallest absolute Gasteiger partial charge is 0.262 e. The van der Waals surface area contributed by atoms with Crippen LogP contribution in [-0.4, -0.2) is 41.7 Å². The predicted octanol–water partition coefficient (Wildman–Crippen LogP) is 3.45. The van der Waals surface area contributed by atoms with Crippen molar-refractivity contribution in [2.24, 2.45) is 10.1 Å². The molecule has 2 heterocycles. The molecule has 2 N–H and O–H groups in total. The lowest BCUT2D eigenvalue weighted by molar-refractivity contribution is -0.118. The van der Waals surface area contributed by atoms with E-state index in [2.05, 4.69) is 15.4 Å². The number of phenols is 1. The SMILES string of the molecule is CCN=c1scc(-c2ccc3c(c2)NC(=O)CO3)n1N=Cc1ccc(O)c(OCC)c1. The van der Waals surface area contributed by atoms with Gasteiger partial charge < -0.3 is 19.9 Å². The molecular weight excluding hydrogens is 416 g/mol. The number of hydrogen-bond acceptors (Lipinski definition) is 7. The summed E-state index contributed by atoms with van der Waals surface area (Å²) >= 11 is 1.48. The normalized spacial score (nSPS) is 13.7. The number of amides is 1. The summed E-state index contributed by atoms with van der Waals surface area (Å²) in [7, 11) is 0. The van der Waals surface area contributed by atoms with Gasteiger partial charge in [-0.1, -0.05) is 0 Å². The molecule has 0 atom stereocenters. The Balaban J connectivity index is 1.74. The van der Waals surface area contributed by atoms with Gasteiger partial charge in [0.05, 0.1) is 24.2 Å². The fraction of sp³-hybridized carbons (Fsp3) is 0.227. The summed E-state index contributed by atoms with van der Waals surface area (Å²) in [6.45, 7) is 4.92. The van der Waals surface area contributed by atoms with Gasteiger partial charge in [0.15, 0.2) is 18.1 Å². The van der Waals surface area contributed by atoms with Crippen LogP contribution >= 0.6 is 11.3 Å². The van der Waals surface area contributed by atoms with E-state index in [1.165, 1.54) is 11.3 Å². The van der Waals surface area contributed by atoms with Gasteiger partial charge in [-0.3, -0.25) is 9.79 Å². The Kier molecular flexibility index (Phi) is 6.03. The molecule has 1 aliphatic rings.